The number of para-hydroxylation sites is 1. The Balaban J connectivity index is 0.738. The average Bonchev–Trinajstić information content (AvgIpc) is 3.71. The highest BCUT2D eigenvalue weighted by molar-refractivity contribution is 6.09. The third-order valence-corrected chi connectivity index (χ3v) is 13.2. The van der Waals surface area contributed by atoms with Crippen molar-refractivity contribution in [1.82, 2.24) is 39.9 Å². The van der Waals surface area contributed by atoms with Crippen LogP contribution in [0.5, 0.6) is 5.75 Å². The van der Waals surface area contributed by atoms with Gasteiger partial charge in [-0.25, -0.2) is 15.0 Å². The molecule has 0 aliphatic carbocycles. The van der Waals surface area contributed by atoms with Crippen LogP contribution in [0.2, 0.25) is 0 Å². The number of imide groups is 1. The number of benzene rings is 2. The number of aryl methyl sites for hydroxylation is 1. The third-order valence-electron chi connectivity index (χ3n) is 13.2. The van der Waals surface area contributed by atoms with E-state index in [2.05, 4.69) is 67.0 Å². The van der Waals surface area contributed by atoms with E-state index >= 15 is 0 Å². The number of carbonyl (C=O) groups excluding carboxylic acids is 2. The topological polar surface area (TPSA) is 168 Å². The minimum Gasteiger partial charge on any atom is -0.507 e. The number of nitrogens with one attached hydrogen (secondary N) is 1. The summed E-state index contributed by atoms with van der Waals surface area (Å²) in [5.41, 5.74) is 13.0. The molecule has 4 aliphatic heterocycles. The highest BCUT2D eigenvalue weighted by Gasteiger charge is 2.43. The number of nitrogen functional groups attached to an aromatic ring is 1. The van der Waals surface area contributed by atoms with Crippen molar-refractivity contribution in [3.8, 4) is 17.0 Å². The minimum absolute atomic E-state index is 0.186. The Labute approximate surface area is 336 Å². The number of amides is 2. The highest BCUT2D eigenvalue weighted by Crippen LogP contribution is 2.46. The molecule has 0 radical (unpaired) electrons. The summed E-state index contributed by atoms with van der Waals surface area (Å²) in [5, 5.41) is 23.7. The minimum atomic E-state index is -0.449. The second-order valence-corrected chi connectivity index (χ2v) is 16.6. The molecule has 0 saturated carbocycles. The van der Waals surface area contributed by atoms with E-state index in [9.17, 15) is 14.7 Å². The van der Waals surface area contributed by atoms with E-state index in [-0.39, 0.29) is 23.5 Å². The molecule has 58 heavy (non-hydrogen) atoms. The van der Waals surface area contributed by atoms with E-state index in [1.54, 1.807) is 18.3 Å². The van der Waals surface area contributed by atoms with Crippen LogP contribution >= 0.6 is 0 Å². The summed E-state index contributed by atoms with van der Waals surface area (Å²) in [4.78, 5) is 44.3. The van der Waals surface area contributed by atoms with Crippen molar-refractivity contribution in [2.45, 2.75) is 94.2 Å². The Bertz CT molecular complexity index is 2500. The molecule has 296 valence electrons. The van der Waals surface area contributed by atoms with Gasteiger partial charge in [-0.05, 0) is 143 Å². The molecule has 3 atom stereocenters. The van der Waals surface area contributed by atoms with Crippen LogP contribution in [-0.2, 0) is 16.0 Å². The molecule has 13 nitrogen and oxygen atoms in total. The van der Waals surface area contributed by atoms with E-state index in [1.807, 2.05) is 28.8 Å². The lowest BCUT2D eigenvalue weighted by Crippen LogP contribution is -2.43. The molecular formula is C45H48N10O3. The lowest BCUT2D eigenvalue weighted by atomic mass is 9.85. The van der Waals surface area contributed by atoms with Crippen LogP contribution in [-0.4, -0.2) is 83.3 Å². The fourth-order valence-corrected chi connectivity index (χ4v) is 10.3. The van der Waals surface area contributed by atoms with E-state index in [4.69, 9.17) is 15.7 Å². The molecule has 4 N–H and O–H groups in total. The maximum Gasteiger partial charge on any atom is 0.249 e. The predicted octanol–water partition coefficient (Wildman–Crippen LogP) is 6.43. The van der Waals surface area contributed by atoms with Gasteiger partial charge in [0.25, 0.3) is 0 Å². The maximum absolute atomic E-state index is 12.8. The number of nitrogens with two attached hydrogens (primary N) is 1. The van der Waals surface area contributed by atoms with Crippen LogP contribution in [0.1, 0.15) is 92.4 Å². The van der Waals surface area contributed by atoms with Gasteiger partial charge in [0, 0.05) is 59.0 Å². The van der Waals surface area contributed by atoms with Gasteiger partial charge in [0.2, 0.25) is 17.8 Å². The van der Waals surface area contributed by atoms with Crippen molar-refractivity contribution >= 4 is 45.5 Å². The Morgan fingerprint density at radius 3 is 2.40 bits per heavy atom. The van der Waals surface area contributed by atoms with Crippen molar-refractivity contribution in [2.24, 2.45) is 0 Å². The van der Waals surface area contributed by atoms with Gasteiger partial charge in [-0.15, -0.1) is 10.2 Å². The molecule has 13 heteroatoms. The molecule has 4 fully saturated rings. The van der Waals surface area contributed by atoms with Gasteiger partial charge < -0.3 is 25.2 Å². The summed E-state index contributed by atoms with van der Waals surface area (Å²) >= 11 is 0. The molecular weight excluding hydrogens is 729 g/mol. The smallest absolute Gasteiger partial charge is 0.249 e. The van der Waals surface area contributed by atoms with Crippen molar-refractivity contribution in [1.29, 1.82) is 0 Å². The molecule has 2 bridgehead atoms. The number of carbonyl (C=O) groups is 2. The van der Waals surface area contributed by atoms with Crippen LogP contribution in [0.3, 0.4) is 0 Å². The first-order valence-electron chi connectivity index (χ1n) is 20.8. The van der Waals surface area contributed by atoms with Gasteiger partial charge >= 0.3 is 0 Å². The number of piperidine rings is 3. The second-order valence-electron chi connectivity index (χ2n) is 16.6. The van der Waals surface area contributed by atoms with Gasteiger partial charge in [0.05, 0.1) is 11.2 Å². The summed E-state index contributed by atoms with van der Waals surface area (Å²) in [5.74, 6) is 1.74. The maximum atomic E-state index is 12.8. The number of anilines is 2. The number of fused-ring (bicyclic) bond motifs is 5. The van der Waals surface area contributed by atoms with Crippen LogP contribution in [0.4, 0.5) is 11.8 Å². The Kier molecular flexibility index (Phi) is 9.47. The number of hydrogen-bond donors (Lipinski definition) is 3. The third kappa shape index (κ3) is 6.70. The summed E-state index contributed by atoms with van der Waals surface area (Å²) in [7, 11) is 0. The quantitative estimate of drug-likeness (QED) is 0.139. The molecule has 3 unspecified atom stereocenters. The molecule has 6 aromatic rings. The lowest BCUT2D eigenvalue weighted by molar-refractivity contribution is -0.135. The van der Waals surface area contributed by atoms with Gasteiger partial charge in [0.15, 0.2) is 0 Å². The number of rotatable bonds is 9. The van der Waals surface area contributed by atoms with Crippen molar-refractivity contribution < 1.29 is 14.7 Å². The van der Waals surface area contributed by atoms with Crippen molar-refractivity contribution in [3.05, 3.63) is 95.9 Å². The number of hydrogen-bond acceptors (Lipinski definition) is 11. The summed E-state index contributed by atoms with van der Waals surface area (Å²) < 4.78 is 2.01. The zero-order valence-electron chi connectivity index (χ0n) is 32.5. The fraction of sp³-hybridized carbons (Fsp3) is 0.400. The van der Waals surface area contributed by atoms with E-state index in [1.165, 1.54) is 11.1 Å². The number of nitrogens with zero attached hydrogens (tertiary/aromatic N) is 8. The van der Waals surface area contributed by atoms with Gasteiger partial charge in [-0.2, -0.15) is 0 Å². The van der Waals surface area contributed by atoms with Gasteiger partial charge in [-0.1, -0.05) is 18.2 Å². The van der Waals surface area contributed by atoms with Crippen LogP contribution < -0.4 is 16.0 Å². The predicted molar refractivity (Wildman–Crippen MR) is 222 cm³/mol. The number of phenolic OH excluding ortho intramolecular Hbond substituents is 1. The summed E-state index contributed by atoms with van der Waals surface area (Å²) in [6.45, 7) is 3.18. The summed E-state index contributed by atoms with van der Waals surface area (Å²) in [6, 6.07) is 20.0. The first-order chi connectivity index (χ1) is 28.4. The summed E-state index contributed by atoms with van der Waals surface area (Å²) in [6.07, 6.45) is 15.1. The van der Waals surface area contributed by atoms with Crippen LogP contribution in [0.15, 0.2) is 79.3 Å². The zero-order chi connectivity index (χ0) is 39.3. The van der Waals surface area contributed by atoms with Crippen LogP contribution in [0.25, 0.3) is 33.2 Å². The monoisotopic (exact) mass is 776 g/mol. The number of aromatic hydroxyl groups is 1. The molecule has 0 spiro atoms. The molecule has 4 saturated heterocycles. The fourth-order valence-electron chi connectivity index (χ4n) is 10.3. The number of phenols is 1. The zero-order valence-corrected chi connectivity index (χ0v) is 32.5. The van der Waals surface area contributed by atoms with E-state index in [0.717, 1.165) is 104 Å². The normalized spacial score (nSPS) is 22.9. The molecule has 4 aliphatic rings. The SMILES string of the molecule is Nc1nnc(-c2ccccc2O)cc1C1CC2CCC(C1)N2c1ncc(C2CCN(CCCc3ccc4c(c3)c3cccnc3n4C3CCC(=O)NC3=O)CC2)cn1. The Morgan fingerprint density at radius 1 is 0.828 bits per heavy atom. The van der Waals surface area contributed by atoms with Crippen molar-refractivity contribution in [3.63, 3.8) is 0 Å². The number of likely N-dealkylation sites (tertiary alicyclic amines) is 1. The standard InChI is InChI=1S/C45H48N10O3/c46-42-35(24-37(51-52-42)34-6-1-2-8-40(34)56)29-22-31-10-11-32(23-29)54(31)45-48-25-30(26-49-45)28-15-19-53(20-16-28)18-4-5-27-9-12-38-36(21-27)33-7-3-17-47-43(33)55(38)39-13-14-41(57)50-44(39)58/h1-3,6-9,12,17,21,24-26,28-29,31-32,39,56H,4-5,10-11,13-16,18-20,22-23H2,(H2,46,52)(H,50,57,58). The largest absolute Gasteiger partial charge is 0.507 e. The van der Waals surface area contributed by atoms with Crippen LogP contribution in [0, 0.1) is 0 Å². The lowest BCUT2D eigenvalue weighted by Gasteiger charge is -2.39. The molecule has 10 rings (SSSR count). The Morgan fingerprint density at radius 2 is 1.62 bits per heavy atom. The number of aromatic nitrogens is 6. The Hall–Kier alpha value is -5.95. The first kappa shape index (κ1) is 36.4. The molecule has 4 aromatic heterocycles. The highest BCUT2D eigenvalue weighted by atomic mass is 16.3. The van der Waals surface area contributed by atoms with E-state index in [0.29, 0.717) is 47.9 Å². The molecule has 8 heterocycles. The molecule has 2 amide bonds. The van der Waals surface area contributed by atoms with Gasteiger partial charge in [0.1, 0.15) is 23.3 Å². The number of pyridine rings is 1. The van der Waals surface area contributed by atoms with Gasteiger partial charge in [-0.3, -0.25) is 14.9 Å². The second kappa shape index (κ2) is 15.1. The average molecular weight is 777 g/mol. The van der Waals surface area contributed by atoms with Crippen molar-refractivity contribution in [2.75, 3.05) is 30.3 Å². The first-order valence-corrected chi connectivity index (χ1v) is 20.8. The molecule has 2 aromatic carbocycles. The van der Waals surface area contributed by atoms with E-state index < -0.39 is 6.04 Å².